The monoisotopic (exact) mass is 168 g/mol. The van der Waals surface area contributed by atoms with Crippen molar-refractivity contribution in [2.45, 2.75) is 24.9 Å². The molecule has 3 heteroatoms. The largest absolute Gasteiger partial charge is 0.466 e. The van der Waals surface area contributed by atoms with Crippen molar-refractivity contribution in [3.8, 4) is 0 Å². The molecule has 0 atom stereocenters. The van der Waals surface area contributed by atoms with Crippen molar-refractivity contribution in [3.63, 3.8) is 0 Å². The number of carbonyl (C=O) groups is 1. The lowest BCUT2D eigenvalue weighted by Crippen LogP contribution is -2.34. The summed E-state index contributed by atoms with van der Waals surface area (Å²) < 4.78 is 10.1. The summed E-state index contributed by atoms with van der Waals surface area (Å²) in [6.45, 7) is 0.423. The first-order valence-electron chi connectivity index (χ1n) is 4.20. The van der Waals surface area contributed by atoms with Gasteiger partial charge in [0.2, 0.25) is 0 Å². The molecule has 2 rings (SSSR count). The van der Waals surface area contributed by atoms with Crippen LogP contribution in [-0.4, -0.2) is 25.3 Å². The SMILES string of the molecule is COC(=O)C1=CC2(CCC2)OC1. The molecule has 1 saturated carbocycles. The van der Waals surface area contributed by atoms with Gasteiger partial charge in [0.05, 0.1) is 24.9 Å². The van der Waals surface area contributed by atoms with Crippen LogP contribution >= 0.6 is 0 Å². The fourth-order valence-corrected chi connectivity index (χ4v) is 1.69. The summed E-state index contributed by atoms with van der Waals surface area (Å²) in [5, 5.41) is 0. The van der Waals surface area contributed by atoms with Gasteiger partial charge in [-0.1, -0.05) is 0 Å². The highest BCUT2D eigenvalue weighted by Crippen LogP contribution is 2.41. The van der Waals surface area contributed by atoms with Gasteiger partial charge in [0.25, 0.3) is 0 Å². The summed E-state index contributed by atoms with van der Waals surface area (Å²) in [7, 11) is 1.40. The van der Waals surface area contributed by atoms with Crippen LogP contribution in [-0.2, 0) is 14.3 Å². The number of rotatable bonds is 1. The predicted octanol–water partition coefficient (Wildman–Crippen LogP) is 1.04. The Morgan fingerprint density at radius 1 is 1.67 bits per heavy atom. The lowest BCUT2D eigenvalue weighted by molar-refractivity contribution is -0.136. The second-order valence-corrected chi connectivity index (χ2v) is 3.37. The van der Waals surface area contributed by atoms with E-state index in [4.69, 9.17) is 4.74 Å². The van der Waals surface area contributed by atoms with Crippen LogP contribution in [0.4, 0.5) is 0 Å². The average Bonchev–Trinajstić information content (AvgIpc) is 2.46. The van der Waals surface area contributed by atoms with Crippen molar-refractivity contribution in [2.75, 3.05) is 13.7 Å². The van der Waals surface area contributed by atoms with Crippen LogP contribution in [0.3, 0.4) is 0 Å². The third kappa shape index (κ3) is 1.05. The highest BCUT2D eigenvalue weighted by Gasteiger charge is 2.41. The molecule has 1 aliphatic carbocycles. The van der Waals surface area contributed by atoms with Gasteiger partial charge in [0, 0.05) is 0 Å². The van der Waals surface area contributed by atoms with E-state index in [1.807, 2.05) is 6.08 Å². The molecule has 1 spiro atoms. The van der Waals surface area contributed by atoms with Crippen molar-refractivity contribution in [2.24, 2.45) is 0 Å². The van der Waals surface area contributed by atoms with Crippen LogP contribution in [0.15, 0.2) is 11.6 Å². The molecule has 1 heterocycles. The first-order valence-corrected chi connectivity index (χ1v) is 4.20. The zero-order chi connectivity index (χ0) is 8.60. The van der Waals surface area contributed by atoms with Crippen LogP contribution in [0, 0.1) is 0 Å². The first-order chi connectivity index (χ1) is 5.76. The smallest absolute Gasteiger partial charge is 0.335 e. The van der Waals surface area contributed by atoms with Gasteiger partial charge in [-0.15, -0.1) is 0 Å². The zero-order valence-corrected chi connectivity index (χ0v) is 7.13. The van der Waals surface area contributed by atoms with Crippen molar-refractivity contribution in [3.05, 3.63) is 11.6 Å². The molecule has 0 saturated heterocycles. The summed E-state index contributed by atoms with van der Waals surface area (Å²) in [5.41, 5.74) is 0.584. The van der Waals surface area contributed by atoms with E-state index >= 15 is 0 Å². The Morgan fingerprint density at radius 3 is 2.83 bits per heavy atom. The van der Waals surface area contributed by atoms with Gasteiger partial charge in [-0.2, -0.15) is 0 Å². The Labute approximate surface area is 71.3 Å². The van der Waals surface area contributed by atoms with E-state index in [1.54, 1.807) is 0 Å². The molecular weight excluding hydrogens is 156 g/mol. The lowest BCUT2D eigenvalue weighted by Gasteiger charge is -2.35. The van der Waals surface area contributed by atoms with E-state index in [2.05, 4.69) is 4.74 Å². The highest BCUT2D eigenvalue weighted by molar-refractivity contribution is 5.89. The van der Waals surface area contributed by atoms with Crippen LogP contribution in [0.2, 0.25) is 0 Å². The minimum absolute atomic E-state index is 0.0937. The summed E-state index contributed by atoms with van der Waals surface area (Å²) in [4.78, 5) is 11.1. The predicted molar refractivity (Wildman–Crippen MR) is 42.6 cm³/mol. The fraction of sp³-hybridized carbons (Fsp3) is 0.667. The molecule has 1 aliphatic heterocycles. The first kappa shape index (κ1) is 7.80. The van der Waals surface area contributed by atoms with E-state index in [0.717, 1.165) is 12.8 Å². The van der Waals surface area contributed by atoms with E-state index in [1.165, 1.54) is 13.5 Å². The van der Waals surface area contributed by atoms with E-state index in [9.17, 15) is 4.79 Å². The number of ether oxygens (including phenoxy) is 2. The third-order valence-electron chi connectivity index (χ3n) is 2.60. The van der Waals surface area contributed by atoms with Gasteiger partial charge in [0.1, 0.15) is 0 Å². The third-order valence-corrected chi connectivity index (χ3v) is 2.60. The summed E-state index contributed by atoms with van der Waals surface area (Å²) in [6.07, 6.45) is 5.23. The molecular formula is C9H12O3. The van der Waals surface area contributed by atoms with Gasteiger partial charge in [-0.3, -0.25) is 0 Å². The molecule has 2 aliphatic rings. The highest BCUT2D eigenvalue weighted by atomic mass is 16.5. The maximum atomic E-state index is 11.1. The molecule has 0 aromatic rings. The normalized spacial score (nSPS) is 24.9. The molecule has 0 unspecified atom stereocenters. The van der Waals surface area contributed by atoms with Gasteiger partial charge in [0.15, 0.2) is 0 Å². The van der Waals surface area contributed by atoms with E-state index in [-0.39, 0.29) is 11.6 Å². The maximum Gasteiger partial charge on any atom is 0.335 e. The topological polar surface area (TPSA) is 35.5 Å². The minimum Gasteiger partial charge on any atom is -0.466 e. The molecule has 0 amide bonds. The minimum atomic E-state index is -0.251. The van der Waals surface area contributed by atoms with Gasteiger partial charge in [-0.05, 0) is 25.3 Å². The van der Waals surface area contributed by atoms with Crippen molar-refractivity contribution >= 4 is 5.97 Å². The zero-order valence-electron chi connectivity index (χ0n) is 7.13. The average molecular weight is 168 g/mol. The Balaban J connectivity index is 2.09. The summed E-state index contributed by atoms with van der Waals surface area (Å²) >= 11 is 0. The second-order valence-electron chi connectivity index (χ2n) is 3.37. The maximum absolute atomic E-state index is 11.1. The van der Waals surface area contributed by atoms with Crippen LogP contribution in [0.1, 0.15) is 19.3 Å². The van der Waals surface area contributed by atoms with E-state index in [0.29, 0.717) is 12.2 Å². The fourth-order valence-electron chi connectivity index (χ4n) is 1.69. The number of hydrogen-bond acceptors (Lipinski definition) is 3. The Hall–Kier alpha value is -0.830. The second kappa shape index (κ2) is 2.59. The molecule has 1 fully saturated rings. The van der Waals surface area contributed by atoms with Crippen molar-refractivity contribution < 1.29 is 14.3 Å². The Bertz CT molecular complexity index is 238. The number of hydrogen-bond donors (Lipinski definition) is 0. The molecule has 0 radical (unpaired) electrons. The van der Waals surface area contributed by atoms with Gasteiger partial charge >= 0.3 is 5.97 Å². The molecule has 0 aromatic heterocycles. The molecule has 66 valence electrons. The Morgan fingerprint density at radius 2 is 2.42 bits per heavy atom. The van der Waals surface area contributed by atoms with Crippen LogP contribution < -0.4 is 0 Å². The molecule has 12 heavy (non-hydrogen) atoms. The summed E-state index contributed by atoms with van der Waals surface area (Å²) in [5.74, 6) is -0.251. The van der Waals surface area contributed by atoms with Gasteiger partial charge < -0.3 is 9.47 Å². The van der Waals surface area contributed by atoms with Crippen molar-refractivity contribution in [1.82, 2.24) is 0 Å². The Kier molecular flexibility index (Phi) is 1.68. The quantitative estimate of drug-likeness (QED) is 0.549. The summed E-state index contributed by atoms with van der Waals surface area (Å²) in [6, 6.07) is 0. The van der Waals surface area contributed by atoms with Crippen molar-refractivity contribution in [1.29, 1.82) is 0 Å². The number of carbonyl (C=O) groups excluding carboxylic acids is 1. The number of methoxy groups -OCH3 is 1. The standard InChI is InChI=1S/C9H12O3/c1-11-8(10)7-5-9(12-6-7)3-2-4-9/h5H,2-4,6H2,1H3. The van der Waals surface area contributed by atoms with Gasteiger partial charge in [-0.25, -0.2) is 4.79 Å². The lowest BCUT2D eigenvalue weighted by atomic mass is 9.80. The molecule has 0 aromatic carbocycles. The van der Waals surface area contributed by atoms with Crippen LogP contribution in [0.25, 0.3) is 0 Å². The molecule has 0 N–H and O–H groups in total. The van der Waals surface area contributed by atoms with Crippen LogP contribution in [0.5, 0.6) is 0 Å². The number of esters is 1. The molecule has 3 nitrogen and oxygen atoms in total. The molecule has 0 bridgehead atoms. The van der Waals surface area contributed by atoms with E-state index < -0.39 is 0 Å².